The number of hydrogen-bond donors (Lipinski definition) is 1. The van der Waals surface area contributed by atoms with Crippen molar-refractivity contribution in [3.05, 3.63) is 18.2 Å². The maximum absolute atomic E-state index is 5.83. The van der Waals surface area contributed by atoms with Crippen molar-refractivity contribution in [2.45, 2.75) is 31.7 Å². The zero-order chi connectivity index (χ0) is 13.2. The van der Waals surface area contributed by atoms with Crippen LogP contribution < -0.4 is 10.5 Å². The van der Waals surface area contributed by atoms with E-state index in [0.717, 1.165) is 24.2 Å². The van der Waals surface area contributed by atoms with Gasteiger partial charge in [-0.2, -0.15) is 0 Å². The summed E-state index contributed by atoms with van der Waals surface area (Å²) in [7, 11) is 1.61. The number of nitrogens with two attached hydrogens (primary N) is 1. The highest BCUT2D eigenvalue weighted by atomic mass is 16.5. The van der Waals surface area contributed by atoms with E-state index >= 15 is 0 Å². The van der Waals surface area contributed by atoms with Crippen molar-refractivity contribution in [1.82, 2.24) is 20.2 Å². The van der Waals surface area contributed by atoms with E-state index in [1.807, 2.05) is 22.9 Å². The fourth-order valence-electron chi connectivity index (χ4n) is 2.63. The molecule has 0 amide bonds. The highest BCUT2D eigenvalue weighted by molar-refractivity contribution is 5.65. The van der Waals surface area contributed by atoms with Crippen LogP contribution in [0.5, 0.6) is 5.75 Å². The van der Waals surface area contributed by atoms with Gasteiger partial charge in [0.05, 0.1) is 18.8 Å². The van der Waals surface area contributed by atoms with Crippen LogP contribution in [0.2, 0.25) is 0 Å². The Balaban J connectivity index is 2.00. The Hall–Kier alpha value is -2.11. The van der Waals surface area contributed by atoms with Crippen LogP contribution in [0.3, 0.4) is 0 Å². The van der Waals surface area contributed by atoms with Gasteiger partial charge in [0.1, 0.15) is 5.75 Å². The lowest BCUT2D eigenvalue weighted by Crippen LogP contribution is -2.08. The largest absolute Gasteiger partial charge is 0.495 e. The molecule has 6 nitrogen and oxygen atoms in total. The summed E-state index contributed by atoms with van der Waals surface area (Å²) in [6.07, 6.45) is 4.78. The number of anilines is 1. The van der Waals surface area contributed by atoms with Crippen LogP contribution in [-0.4, -0.2) is 27.3 Å². The molecule has 0 atom stereocenters. The topological polar surface area (TPSA) is 78.9 Å². The van der Waals surface area contributed by atoms with Crippen LogP contribution in [-0.2, 0) is 0 Å². The smallest absolute Gasteiger partial charge is 0.182 e. The molecule has 1 heterocycles. The van der Waals surface area contributed by atoms with E-state index in [9.17, 15) is 0 Å². The lowest BCUT2D eigenvalue weighted by molar-refractivity contribution is 0.417. The van der Waals surface area contributed by atoms with Crippen LogP contribution >= 0.6 is 0 Å². The standard InChI is InChI=1S/C13H17N5O/c1-19-12-8-9(6-7-11(12)14)13-15-16-17-18(13)10-4-2-3-5-10/h6-8,10H,2-5,14H2,1H3. The van der Waals surface area contributed by atoms with Crippen LogP contribution in [0.1, 0.15) is 31.7 Å². The third kappa shape index (κ3) is 2.14. The van der Waals surface area contributed by atoms with Gasteiger partial charge >= 0.3 is 0 Å². The molecule has 1 saturated carbocycles. The second-order valence-electron chi connectivity index (χ2n) is 4.84. The van der Waals surface area contributed by atoms with E-state index in [-0.39, 0.29) is 0 Å². The summed E-state index contributed by atoms with van der Waals surface area (Å²) in [5.74, 6) is 1.43. The molecule has 2 N–H and O–H groups in total. The lowest BCUT2D eigenvalue weighted by atomic mass is 10.1. The molecule has 0 radical (unpaired) electrons. The van der Waals surface area contributed by atoms with Gasteiger partial charge in [-0.05, 0) is 41.5 Å². The van der Waals surface area contributed by atoms with Gasteiger partial charge < -0.3 is 10.5 Å². The summed E-state index contributed by atoms with van der Waals surface area (Å²) in [5, 5.41) is 12.1. The normalized spacial score (nSPS) is 15.8. The van der Waals surface area contributed by atoms with Crippen molar-refractivity contribution < 1.29 is 4.74 Å². The van der Waals surface area contributed by atoms with Crippen molar-refractivity contribution >= 4 is 5.69 Å². The molecule has 2 aromatic rings. The molecule has 0 aliphatic heterocycles. The predicted octanol–water partition coefficient (Wildman–Crippen LogP) is 2.05. The first-order chi connectivity index (χ1) is 9.29. The molecule has 1 aromatic heterocycles. The van der Waals surface area contributed by atoms with Crippen molar-refractivity contribution in [2.75, 3.05) is 12.8 Å². The zero-order valence-electron chi connectivity index (χ0n) is 10.9. The third-order valence-electron chi connectivity index (χ3n) is 3.66. The average molecular weight is 259 g/mol. The second kappa shape index (κ2) is 4.87. The van der Waals surface area contributed by atoms with Crippen LogP contribution in [0.15, 0.2) is 18.2 Å². The fraction of sp³-hybridized carbons (Fsp3) is 0.462. The first kappa shape index (κ1) is 12.0. The van der Waals surface area contributed by atoms with Crippen LogP contribution in [0.25, 0.3) is 11.4 Å². The summed E-state index contributed by atoms with van der Waals surface area (Å²) < 4.78 is 7.17. The highest BCUT2D eigenvalue weighted by Crippen LogP contribution is 2.33. The molecule has 6 heteroatoms. The summed E-state index contributed by atoms with van der Waals surface area (Å²) in [6.45, 7) is 0. The Morgan fingerprint density at radius 3 is 2.84 bits per heavy atom. The first-order valence-electron chi connectivity index (χ1n) is 6.51. The predicted molar refractivity (Wildman–Crippen MR) is 71.7 cm³/mol. The summed E-state index contributed by atoms with van der Waals surface area (Å²) in [5.41, 5.74) is 7.38. The maximum Gasteiger partial charge on any atom is 0.182 e. The summed E-state index contributed by atoms with van der Waals surface area (Å²) in [6, 6.07) is 6.04. The summed E-state index contributed by atoms with van der Waals surface area (Å²) >= 11 is 0. The van der Waals surface area contributed by atoms with Crippen LogP contribution in [0.4, 0.5) is 5.69 Å². The molecule has 0 unspecified atom stereocenters. The number of rotatable bonds is 3. The number of methoxy groups -OCH3 is 1. The monoisotopic (exact) mass is 259 g/mol. The molecule has 3 rings (SSSR count). The minimum Gasteiger partial charge on any atom is -0.495 e. The molecule has 0 saturated heterocycles. The van der Waals surface area contributed by atoms with Gasteiger partial charge in [0.2, 0.25) is 0 Å². The molecule has 19 heavy (non-hydrogen) atoms. The van der Waals surface area contributed by atoms with E-state index in [2.05, 4.69) is 15.5 Å². The van der Waals surface area contributed by atoms with Gasteiger partial charge in [-0.15, -0.1) is 5.10 Å². The van der Waals surface area contributed by atoms with E-state index in [4.69, 9.17) is 10.5 Å². The van der Waals surface area contributed by atoms with Crippen LogP contribution in [0, 0.1) is 0 Å². The Morgan fingerprint density at radius 1 is 1.32 bits per heavy atom. The fourth-order valence-corrected chi connectivity index (χ4v) is 2.63. The average Bonchev–Trinajstić information content (AvgIpc) is 3.09. The Morgan fingerprint density at radius 2 is 2.11 bits per heavy atom. The number of benzene rings is 1. The number of nitrogen functional groups attached to an aromatic ring is 1. The van der Waals surface area contributed by atoms with Crippen molar-refractivity contribution in [3.8, 4) is 17.1 Å². The quantitative estimate of drug-likeness (QED) is 0.853. The number of aromatic nitrogens is 4. The molecule has 1 fully saturated rings. The molecule has 1 aliphatic carbocycles. The van der Waals surface area contributed by atoms with E-state index in [1.54, 1.807) is 7.11 Å². The Bertz CT molecular complexity index is 574. The maximum atomic E-state index is 5.83. The number of nitrogens with zero attached hydrogens (tertiary/aromatic N) is 4. The van der Waals surface area contributed by atoms with Gasteiger partial charge in [0, 0.05) is 5.56 Å². The van der Waals surface area contributed by atoms with Crippen molar-refractivity contribution in [1.29, 1.82) is 0 Å². The minimum atomic E-state index is 0.411. The number of ether oxygens (including phenoxy) is 1. The molecule has 1 aromatic carbocycles. The van der Waals surface area contributed by atoms with E-state index < -0.39 is 0 Å². The molecule has 1 aliphatic rings. The number of hydrogen-bond acceptors (Lipinski definition) is 5. The summed E-state index contributed by atoms with van der Waals surface area (Å²) in [4.78, 5) is 0. The van der Waals surface area contributed by atoms with E-state index in [0.29, 0.717) is 17.5 Å². The molecule has 0 spiro atoms. The van der Waals surface area contributed by atoms with Crippen molar-refractivity contribution in [3.63, 3.8) is 0 Å². The zero-order valence-corrected chi connectivity index (χ0v) is 10.9. The number of tetrazole rings is 1. The molecule has 0 bridgehead atoms. The Kier molecular flexibility index (Phi) is 3.06. The minimum absolute atomic E-state index is 0.411. The highest BCUT2D eigenvalue weighted by Gasteiger charge is 2.22. The third-order valence-corrected chi connectivity index (χ3v) is 3.66. The van der Waals surface area contributed by atoms with Gasteiger partial charge in [0.25, 0.3) is 0 Å². The molecule has 100 valence electrons. The SMILES string of the molecule is COc1cc(-c2nnnn2C2CCCC2)ccc1N. The van der Waals surface area contributed by atoms with Crippen molar-refractivity contribution in [2.24, 2.45) is 0 Å². The Labute approximate surface area is 111 Å². The second-order valence-corrected chi connectivity index (χ2v) is 4.84. The van der Waals surface area contributed by atoms with Gasteiger partial charge in [-0.25, -0.2) is 4.68 Å². The van der Waals surface area contributed by atoms with E-state index in [1.165, 1.54) is 12.8 Å². The van der Waals surface area contributed by atoms with Gasteiger partial charge in [-0.3, -0.25) is 0 Å². The lowest BCUT2D eigenvalue weighted by Gasteiger charge is -2.12. The molecular formula is C13H17N5O. The van der Waals surface area contributed by atoms with Gasteiger partial charge in [-0.1, -0.05) is 12.8 Å². The molecular weight excluding hydrogens is 242 g/mol. The first-order valence-corrected chi connectivity index (χ1v) is 6.51. The van der Waals surface area contributed by atoms with Gasteiger partial charge in [0.15, 0.2) is 5.82 Å².